The third-order valence-corrected chi connectivity index (χ3v) is 4.28. The Morgan fingerprint density at radius 1 is 1.33 bits per heavy atom. The van der Waals surface area contributed by atoms with E-state index in [1.165, 1.54) is 5.56 Å². The van der Waals surface area contributed by atoms with E-state index in [1.54, 1.807) is 0 Å². The van der Waals surface area contributed by atoms with Crippen LogP contribution in [0.3, 0.4) is 0 Å². The summed E-state index contributed by atoms with van der Waals surface area (Å²) in [5, 5.41) is 0. The molecule has 1 saturated carbocycles. The third-order valence-electron chi connectivity index (χ3n) is 4.28. The van der Waals surface area contributed by atoms with Crippen LogP contribution in [0, 0.1) is 18.3 Å². The summed E-state index contributed by atoms with van der Waals surface area (Å²) < 4.78 is 5.39. The number of aryl methyl sites for hydroxylation is 1. The molecule has 0 spiro atoms. The van der Waals surface area contributed by atoms with Gasteiger partial charge in [-0.1, -0.05) is 36.8 Å². The fourth-order valence-electron chi connectivity index (χ4n) is 3.02. The van der Waals surface area contributed by atoms with Gasteiger partial charge in [-0.15, -0.1) is 0 Å². The summed E-state index contributed by atoms with van der Waals surface area (Å²) in [7, 11) is 0. The Labute approximate surface area is 126 Å². The summed E-state index contributed by atoms with van der Waals surface area (Å²) in [6.07, 6.45) is 1.60. The minimum Gasteiger partial charge on any atom is -0.462 e. The number of hydrogen-bond donors (Lipinski definition) is 0. The summed E-state index contributed by atoms with van der Waals surface area (Å²) in [6.45, 7) is 7.57. The van der Waals surface area contributed by atoms with E-state index in [-0.39, 0.29) is 23.8 Å². The molecule has 0 radical (unpaired) electrons. The summed E-state index contributed by atoms with van der Waals surface area (Å²) in [6, 6.07) is 8.02. The summed E-state index contributed by atoms with van der Waals surface area (Å²) in [5.41, 5.74) is 1.20. The molecule has 0 saturated heterocycles. The number of carbonyl (C=O) groups is 2. The van der Waals surface area contributed by atoms with E-state index in [2.05, 4.69) is 0 Å². The SMILES string of the molecule is Cc1ccc(CC2(C(=O)OC(C)C)CCC(C)C2=O)cc1. The number of ether oxygens (including phenoxy) is 1. The number of ketones is 1. The predicted molar refractivity (Wildman–Crippen MR) is 81.9 cm³/mol. The maximum atomic E-state index is 12.6. The highest BCUT2D eigenvalue weighted by Gasteiger charge is 2.53. The van der Waals surface area contributed by atoms with E-state index in [9.17, 15) is 9.59 Å². The predicted octanol–water partition coefficient (Wildman–Crippen LogP) is 3.47. The second kappa shape index (κ2) is 6.00. The van der Waals surface area contributed by atoms with Crippen LogP contribution in [0.2, 0.25) is 0 Å². The molecule has 2 rings (SSSR count). The van der Waals surface area contributed by atoms with Crippen molar-refractivity contribution in [1.82, 2.24) is 0 Å². The van der Waals surface area contributed by atoms with E-state index >= 15 is 0 Å². The molecule has 0 aromatic heterocycles. The van der Waals surface area contributed by atoms with Crippen LogP contribution < -0.4 is 0 Å². The Balaban J connectivity index is 2.30. The normalized spacial score (nSPS) is 25.4. The van der Waals surface area contributed by atoms with Crippen LogP contribution in [0.25, 0.3) is 0 Å². The molecule has 0 bridgehead atoms. The molecule has 1 fully saturated rings. The number of rotatable bonds is 4. The molecule has 1 aromatic rings. The topological polar surface area (TPSA) is 43.4 Å². The fraction of sp³-hybridized carbons (Fsp3) is 0.556. The maximum Gasteiger partial charge on any atom is 0.320 e. The molecule has 21 heavy (non-hydrogen) atoms. The lowest BCUT2D eigenvalue weighted by Gasteiger charge is -2.27. The van der Waals surface area contributed by atoms with Crippen molar-refractivity contribution in [2.24, 2.45) is 11.3 Å². The highest BCUT2D eigenvalue weighted by molar-refractivity contribution is 6.06. The summed E-state index contributed by atoms with van der Waals surface area (Å²) in [4.78, 5) is 25.2. The average Bonchev–Trinajstić information content (AvgIpc) is 2.70. The molecule has 3 nitrogen and oxygen atoms in total. The lowest BCUT2D eigenvalue weighted by molar-refractivity contribution is -0.163. The molecular weight excluding hydrogens is 264 g/mol. The lowest BCUT2D eigenvalue weighted by Crippen LogP contribution is -2.41. The highest BCUT2D eigenvalue weighted by Crippen LogP contribution is 2.42. The van der Waals surface area contributed by atoms with E-state index in [0.717, 1.165) is 12.0 Å². The van der Waals surface area contributed by atoms with Crippen LogP contribution in [-0.4, -0.2) is 17.9 Å². The van der Waals surface area contributed by atoms with Crippen LogP contribution in [-0.2, 0) is 20.7 Å². The molecule has 3 heteroatoms. The number of esters is 1. The van der Waals surface area contributed by atoms with Gasteiger partial charge < -0.3 is 4.74 Å². The standard InChI is InChI=1S/C18H24O3/c1-12(2)21-17(20)18(10-9-14(4)16(18)19)11-15-7-5-13(3)6-8-15/h5-8,12,14H,9-11H2,1-4H3. The maximum absolute atomic E-state index is 12.6. The van der Waals surface area contributed by atoms with Crippen molar-refractivity contribution >= 4 is 11.8 Å². The van der Waals surface area contributed by atoms with E-state index in [4.69, 9.17) is 4.74 Å². The zero-order valence-electron chi connectivity index (χ0n) is 13.3. The van der Waals surface area contributed by atoms with Gasteiger partial charge in [-0.25, -0.2) is 0 Å². The first-order valence-electron chi connectivity index (χ1n) is 7.66. The Bertz CT molecular complexity index is 530. The molecular formula is C18H24O3. The first kappa shape index (κ1) is 15.7. The van der Waals surface area contributed by atoms with Gasteiger partial charge in [0.25, 0.3) is 0 Å². The largest absolute Gasteiger partial charge is 0.462 e. The van der Waals surface area contributed by atoms with Crippen molar-refractivity contribution in [3.8, 4) is 0 Å². The second-order valence-corrected chi connectivity index (χ2v) is 6.50. The van der Waals surface area contributed by atoms with Gasteiger partial charge in [0.1, 0.15) is 5.41 Å². The van der Waals surface area contributed by atoms with Crippen molar-refractivity contribution in [3.05, 3.63) is 35.4 Å². The van der Waals surface area contributed by atoms with Crippen molar-refractivity contribution in [1.29, 1.82) is 0 Å². The fourth-order valence-corrected chi connectivity index (χ4v) is 3.02. The molecule has 2 atom stereocenters. The summed E-state index contributed by atoms with van der Waals surface area (Å²) in [5.74, 6) is -0.378. The first-order chi connectivity index (χ1) is 9.85. The number of hydrogen-bond acceptors (Lipinski definition) is 3. The molecule has 114 valence electrons. The van der Waals surface area contributed by atoms with Gasteiger partial charge in [-0.2, -0.15) is 0 Å². The zero-order valence-corrected chi connectivity index (χ0v) is 13.3. The zero-order chi connectivity index (χ0) is 15.6. The smallest absolute Gasteiger partial charge is 0.320 e. The molecule has 0 heterocycles. The second-order valence-electron chi connectivity index (χ2n) is 6.50. The molecule has 2 unspecified atom stereocenters. The Morgan fingerprint density at radius 3 is 2.43 bits per heavy atom. The molecule has 0 amide bonds. The van der Waals surface area contributed by atoms with Gasteiger partial charge in [-0.3, -0.25) is 9.59 Å². The third kappa shape index (κ3) is 3.17. The molecule has 0 aliphatic heterocycles. The van der Waals surface area contributed by atoms with E-state index in [0.29, 0.717) is 12.8 Å². The monoisotopic (exact) mass is 288 g/mol. The first-order valence-corrected chi connectivity index (χ1v) is 7.66. The molecule has 1 aromatic carbocycles. The Kier molecular flexibility index (Phi) is 4.50. The minimum absolute atomic E-state index is 0.0359. The quantitative estimate of drug-likeness (QED) is 0.629. The van der Waals surface area contributed by atoms with Gasteiger partial charge >= 0.3 is 5.97 Å². The lowest BCUT2D eigenvalue weighted by atomic mass is 9.78. The van der Waals surface area contributed by atoms with Crippen LogP contribution in [0.5, 0.6) is 0 Å². The summed E-state index contributed by atoms with van der Waals surface area (Å²) >= 11 is 0. The van der Waals surface area contributed by atoms with E-state index in [1.807, 2.05) is 52.0 Å². The number of Topliss-reactive ketones (excluding diaryl/α,β-unsaturated/α-hetero) is 1. The minimum atomic E-state index is -0.987. The van der Waals surface area contributed by atoms with Crippen molar-refractivity contribution < 1.29 is 14.3 Å². The van der Waals surface area contributed by atoms with Gasteiger partial charge in [0.15, 0.2) is 5.78 Å². The highest BCUT2D eigenvalue weighted by atomic mass is 16.5. The average molecular weight is 288 g/mol. The van der Waals surface area contributed by atoms with Crippen molar-refractivity contribution in [2.75, 3.05) is 0 Å². The van der Waals surface area contributed by atoms with Crippen LogP contribution in [0.1, 0.15) is 44.7 Å². The van der Waals surface area contributed by atoms with Crippen LogP contribution in [0.15, 0.2) is 24.3 Å². The Morgan fingerprint density at radius 2 is 1.95 bits per heavy atom. The molecule has 0 N–H and O–H groups in total. The van der Waals surface area contributed by atoms with Crippen LogP contribution in [0.4, 0.5) is 0 Å². The number of carbonyl (C=O) groups excluding carboxylic acids is 2. The van der Waals surface area contributed by atoms with Crippen molar-refractivity contribution in [3.63, 3.8) is 0 Å². The molecule has 1 aliphatic carbocycles. The van der Waals surface area contributed by atoms with Gasteiger partial charge in [0, 0.05) is 5.92 Å². The molecule has 1 aliphatic rings. The Hall–Kier alpha value is -1.64. The van der Waals surface area contributed by atoms with Crippen molar-refractivity contribution in [2.45, 2.75) is 53.1 Å². The van der Waals surface area contributed by atoms with Crippen LogP contribution >= 0.6 is 0 Å². The van der Waals surface area contributed by atoms with E-state index < -0.39 is 5.41 Å². The van der Waals surface area contributed by atoms with Gasteiger partial charge in [0.2, 0.25) is 0 Å². The number of benzene rings is 1. The van der Waals surface area contributed by atoms with Gasteiger partial charge in [0.05, 0.1) is 6.10 Å². The van der Waals surface area contributed by atoms with Gasteiger partial charge in [-0.05, 0) is 45.6 Å².